The van der Waals surface area contributed by atoms with Crippen LogP contribution < -0.4 is 19.1 Å². The second-order valence-corrected chi connectivity index (χ2v) is 7.14. The van der Waals surface area contributed by atoms with Crippen LogP contribution in [0.2, 0.25) is 0 Å². The minimum atomic E-state index is -0.173. The molecule has 1 aliphatic heterocycles. The van der Waals surface area contributed by atoms with Crippen molar-refractivity contribution in [1.82, 2.24) is 10.1 Å². The van der Waals surface area contributed by atoms with E-state index in [4.69, 9.17) is 18.7 Å². The number of rotatable bonds is 6. The molecule has 1 aromatic heterocycles. The van der Waals surface area contributed by atoms with Gasteiger partial charge in [-0.2, -0.15) is 4.98 Å². The Labute approximate surface area is 174 Å². The van der Waals surface area contributed by atoms with Crippen LogP contribution in [-0.2, 0) is 4.79 Å². The number of amides is 1. The number of nitrogens with zero attached hydrogens (tertiary/aromatic N) is 3. The monoisotopic (exact) mass is 409 g/mol. The maximum absolute atomic E-state index is 12.7. The Hall–Kier alpha value is -3.55. The van der Waals surface area contributed by atoms with Crippen molar-refractivity contribution in [2.75, 3.05) is 32.8 Å². The van der Waals surface area contributed by atoms with Crippen molar-refractivity contribution in [1.29, 1.82) is 0 Å². The van der Waals surface area contributed by atoms with Crippen molar-refractivity contribution in [3.63, 3.8) is 0 Å². The van der Waals surface area contributed by atoms with Crippen LogP contribution in [0.4, 0.5) is 5.69 Å². The quantitative estimate of drug-likeness (QED) is 0.615. The lowest BCUT2D eigenvalue weighted by molar-refractivity contribution is -0.117. The smallest absolute Gasteiger partial charge is 0.258 e. The summed E-state index contributed by atoms with van der Waals surface area (Å²) in [6.45, 7) is 2.44. The SMILES string of the molecule is COc1cc(OC)cc(-c2nc(C3CC(=O)N(c4cc(C)ccc4OC)C3)no2)c1. The van der Waals surface area contributed by atoms with E-state index in [0.29, 0.717) is 47.5 Å². The fourth-order valence-corrected chi connectivity index (χ4v) is 3.57. The van der Waals surface area contributed by atoms with Crippen molar-refractivity contribution in [2.24, 2.45) is 0 Å². The van der Waals surface area contributed by atoms with E-state index in [-0.39, 0.29) is 11.8 Å². The lowest BCUT2D eigenvalue weighted by Gasteiger charge is -2.19. The number of benzene rings is 2. The first kappa shape index (κ1) is 19.8. The summed E-state index contributed by atoms with van der Waals surface area (Å²) in [6, 6.07) is 11.1. The number of hydrogen-bond donors (Lipinski definition) is 0. The molecule has 8 heteroatoms. The van der Waals surface area contributed by atoms with E-state index in [1.165, 1.54) is 0 Å². The fourth-order valence-electron chi connectivity index (χ4n) is 3.57. The second kappa shape index (κ2) is 8.06. The standard InChI is InChI=1S/C22H23N3O5/c1-13-5-6-19(29-4)18(7-13)25-12-15(10-20(25)26)21-23-22(30-24-21)14-8-16(27-2)11-17(9-14)28-3/h5-9,11,15H,10,12H2,1-4H3. The molecule has 1 unspecified atom stereocenters. The molecule has 0 bridgehead atoms. The third-order valence-electron chi connectivity index (χ3n) is 5.16. The molecule has 8 nitrogen and oxygen atoms in total. The van der Waals surface area contributed by atoms with Crippen LogP contribution in [0.5, 0.6) is 17.2 Å². The van der Waals surface area contributed by atoms with Gasteiger partial charge in [-0.3, -0.25) is 4.79 Å². The van der Waals surface area contributed by atoms with Gasteiger partial charge < -0.3 is 23.6 Å². The molecule has 1 atom stereocenters. The number of hydrogen-bond acceptors (Lipinski definition) is 7. The molecular weight excluding hydrogens is 386 g/mol. The van der Waals surface area contributed by atoms with Crippen molar-refractivity contribution in [3.8, 4) is 28.7 Å². The summed E-state index contributed by atoms with van der Waals surface area (Å²) < 4.78 is 21.5. The van der Waals surface area contributed by atoms with Crippen molar-refractivity contribution < 1.29 is 23.5 Å². The largest absolute Gasteiger partial charge is 0.497 e. The van der Waals surface area contributed by atoms with E-state index in [9.17, 15) is 4.79 Å². The van der Waals surface area contributed by atoms with Gasteiger partial charge in [0.05, 0.1) is 27.0 Å². The molecule has 2 heterocycles. The summed E-state index contributed by atoms with van der Waals surface area (Å²) in [5.41, 5.74) is 2.49. The summed E-state index contributed by atoms with van der Waals surface area (Å²) in [5.74, 6) is 2.57. The zero-order valence-corrected chi connectivity index (χ0v) is 17.3. The third-order valence-corrected chi connectivity index (χ3v) is 5.16. The minimum absolute atomic E-state index is 0.00157. The van der Waals surface area contributed by atoms with Gasteiger partial charge in [-0.05, 0) is 36.8 Å². The highest BCUT2D eigenvalue weighted by Crippen LogP contribution is 2.37. The predicted octanol–water partition coefficient (Wildman–Crippen LogP) is 3.59. The number of ether oxygens (including phenoxy) is 3. The Morgan fingerprint density at radius 1 is 1.03 bits per heavy atom. The molecule has 2 aromatic carbocycles. The van der Waals surface area contributed by atoms with Gasteiger partial charge in [0.25, 0.3) is 5.89 Å². The van der Waals surface area contributed by atoms with E-state index in [0.717, 1.165) is 11.3 Å². The van der Waals surface area contributed by atoms with Gasteiger partial charge in [-0.15, -0.1) is 0 Å². The van der Waals surface area contributed by atoms with Gasteiger partial charge in [0.15, 0.2) is 5.82 Å². The maximum atomic E-state index is 12.7. The molecule has 0 spiro atoms. The van der Waals surface area contributed by atoms with E-state index < -0.39 is 0 Å². The van der Waals surface area contributed by atoms with E-state index >= 15 is 0 Å². The van der Waals surface area contributed by atoms with Crippen molar-refractivity contribution in [2.45, 2.75) is 19.3 Å². The summed E-state index contributed by atoms with van der Waals surface area (Å²) in [7, 11) is 4.76. The summed E-state index contributed by atoms with van der Waals surface area (Å²) in [6.07, 6.45) is 0.303. The average molecular weight is 409 g/mol. The van der Waals surface area contributed by atoms with Crippen LogP contribution in [0, 0.1) is 6.92 Å². The molecule has 30 heavy (non-hydrogen) atoms. The van der Waals surface area contributed by atoms with E-state index in [1.54, 1.807) is 44.4 Å². The highest BCUT2D eigenvalue weighted by Gasteiger charge is 2.36. The predicted molar refractivity (Wildman–Crippen MR) is 110 cm³/mol. The molecule has 156 valence electrons. The van der Waals surface area contributed by atoms with Crippen LogP contribution in [0.3, 0.4) is 0 Å². The molecule has 0 saturated carbocycles. The number of aryl methyl sites for hydroxylation is 1. The van der Waals surface area contributed by atoms with Crippen LogP contribution in [-0.4, -0.2) is 43.9 Å². The van der Waals surface area contributed by atoms with Crippen molar-refractivity contribution >= 4 is 11.6 Å². The molecule has 1 fully saturated rings. The Morgan fingerprint density at radius 2 is 1.77 bits per heavy atom. The van der Waals surface area contributed by atoms with Crippen LogP contribution in [0.15, 0.2) is 40.9 Å². The highest BCUT2D eigenvalue weighted by molar-refractivity contribution is 5.97. The number of carbonyl (C=O) groups excluding carboxylic acids is 1. The summed E-state index contributed by atoms with van der Waals surface area (Å²) >= 11 is 0. The molecule has 0 N–H and O–H groups in total. The average Bonchev–Trinajstić information content (AvgIpc) is 3.40. The Balaban J connectivity index is 1.60. The van der Waals surface area contributed by atoms with Gasteiger partial charge in [-0.1, -0.05) is 11.2 Å². The zero-order valence-electron chi connectivity index (χ0n) is 17.3. The maximum Gasteiger partial charge on any atom is 0.258 e. The summed E-state index contributed by atoms with van der Waals surface area (Å²) in [4.78, 5) is 19.0. The number of aromatic nitrogens is 2. The lowest BCUT2D eigenvalue weighted by atomic mass is 10.1. The Bertz CT molecular complexity index is 1060. The van der Waals surface area contributed by atoms with Gasteiger partial charge in [-0.25, -0.2) is 0 Å². The number of anilines is 1. The van der Waals surface area contributed by atoms with Crippen LogP contribution >= 0.6 is 0 Å². The normalized spacial score (nSPS) is 16.1. The number of methoxy groups -OCH3 is 3. The van der Waals surface area contributed by atoms with Gasteiger partial charge in [0.1, 0.15) is 17.2 Å². The number of carbonyl (C=O) groups is 1. The first-order valence-electron chi connectivity index (χ1n) is 9.54. The third kappa shape index (κ3) is 3.68. The highest BCUT2D eigenvalue weighted by atomic mass is 16.5. The van der Waals surface area contributed by atoms with E-state index in [1.807, 2.05) is 25.1 Å². The molecular formula is C22H23N3O5. The van der Waals surface area contributed by atoms with Crippen LogP contribution in [0.1, 0.15) is 23.7 Å². The van der Waals surface area contributed by atoms with Crippen LogP contribution in [0.25, 0.3) is 11.5 Å². The Morgan fingerprint density at radius 3 is 2.43 bits per heavy atom. The topological polar surface area (TPSA) is 86.9 Å². The van der Waals surface area contributed by atoms with Gasteiger partial charge in [0, 0.05) is 30.5 Å². The minimum Gasteiger partial charge on any atom is -0.497 e. The fraction of sp³-hybridized carbons (Fsp3) is 0.318. The molecule has 4 rings (SSSR count). The molecule has 0 aliphatic carbocycles. The van der Waals surface area contributed by atoms with E-state index in [2.05, 4.69) is 10.1 Å². The molecule has 1 amide bonds. The van der Waals surface area contributed by atoms with Gasteiger partial charge in [0.2, 0.25) is 5.91 Å². The first-order chi connectivity index (χ1) is 14.5. The molecule has 3 aromatic rings. The summed E-state index contributed by atoms with van der Waals surface area (Å²) in [5, 5.41) is 4.13. The lowest BCUT2D eigenvalue weighted by Crippen LogP contribution is -2.25. The first-order valence-corrected chi connectivity index (χ1v) is 9.54. The zero-order chi connectivity index (χ0) is 21.3. The second-order valence-electron chi connectivity index (χ2n) is 7.14. The molecule has 1 aliphatic rings. The Kier molecular flexibility index (Phi) is 5.31. The van der Waals surface area contributed by atoms with Gasteiger partial charge >= 0.3 is 0 Å². The van der Waals surface area contributed by atoms with Crippen molar-refractivity contribution in [3.05, 3.63) is 47.8 Å². The molecule has 1 saturated heterocycles. The molecule has 0 radical (unpaired) electrons.